The summed E-state index contributed by atoms with van der Waals surface area (Å²) in [5, 5.41) is 3.17. The van der Waals surface area contributed by atoms with Gasteiger partial charge >= 0.3 is 0 Å². The van der Waals surface area contributed by atoms with Gasteiger partial charge in [0.05, 0.1) is 6.61 Å². The summed E-state index contributed by atoms with van der Waals surface area (Å²) in [4.78, 5) is 0.566. The lowest BCUT2D eigenvalue weighted by Crippen LogP contribution is -2.08. The van der Waals surface area contributed by atoms with E-state index in [1.54, 1.807) is 12.1 Å². The Morgan fingerprint density at radius 3 is 2.48 bits per heavy atom. The molecule has 0 bridgehead atoms. The van der Waals surface area contributed by atoms with Crippen LogP contribution in [0.5, 0.6) is 5.75 Å². The number of thioether (sulfide) groups is 1. The summed E-state index contributed by atoms with van der Waals surface area (Å²) >= 11 is 0.559. The minimum Gasteiger partial charge on any atom is -0.494 e. The van der Waals surface area contributed by atoms with E-state index in [4.69, 9.17) is 4.74 Å². The number of alkyl halides is 2. The minimum absolute atomic E-state index is 0.559. The Bertz CT molecular complexity index is 537. The topological polar surface area (TPSA) is 21.3 Å². The number of halogens is 2. The van der Waals surface area contributed by atoms with E-state index in [2.05, 4.69) is 5.32 Å². The Labute approximate surface area is 127 Å². The van der Waals surface area contributed by atoms with Gasteiger partial charge in [-0.2, -0.15) is 8.78 Å². The van der Waals surface area contributed by atoms with E-state index >= 15 is 0 Å². The zero-order valence-corrected chi connectivity index (χ0v) is 12.3. The maximum atomic E-state index is 12.4. The molecular formula is C16H17F2NOS. The predicted molar refractivity (Wildman–Crippen MR) is 83.3 cm³/mol. The lowest BCUT2D eigenvalue weighted by Gasteiger charge is -2.11. The van der Waals surface area contributed by atoms with Crippen molar-refractivity contribution in [2.75, 3.05) is 18.5 Å². The Kier molecular flexibility index (Phi) is 6.34. The highest BCUT2D eigenvalue weighted by molar-refractivity contribution is 7.99. The van der Waals surface area contributed by atoms with Crippen molar-refractivity contribution in [3.8, 4) is 5.75 Å². The molecule has 0 radical (unpaired) electrons. The Hall–Kier alpha value is -1.75. The Balaban J connectivity index is 1.73. The lowest BCUT2D eigenvalue weighted by atomic mass is 10.3. The van der Waals surface area contributed by atoms with Gasteiger partial charge in [-0.15, -0.1) is 0 Å². The molecule has 0 saturated carbocycles. The van der Waals surface area contributed by atoms with E-state index in [1.807, 2.05) is 42.5 Å². The van der Waals surface area contributed by atoms with Gasteiger partial charge in [0.15, 0.2) is 0 Å². The van der Waals surface area contributed by atoms with Crippen LogP contribution >= 0.6 is 11.8 Å². The van der Waals surface area contributed by atoms with Crippen LogP contribution in [0.2, 0.25) is 0 Å². The third-order valence-corrected chi connectivity index (χ3v) is 3.54. The number of rotatable bonds is 8. The summed E-state index contributed by atoms with van der Waals surface area (Å²) < 4.78 is 30.5. The number of hydrogen-bond acceptors (Lipinski definition) is 3. The minimum atomic E-state index is -2.41. The van der Waals surface area contributed by atoms with Crippen LogP contribution in [0.1, 0.15) is 6.42 Å². The van der Waals surface area contributed by atoms with Crippen molar-refractivity contribution < 1.29 is 13.5 Å². The number of hydrogen-bond donors (Lipinski definition) is 1. The fraction of sp³-hybridized carbons (Fsp3) is 0.250. The van der Waals surface area contributed by atoms with Gasteiger partial charge in [-0.25, -0.2) is 0 Å². The molecule has 2 aromatic rings. The van der Waals surface area contributed by atoms with Gasteiger partial charge in [0, 0.05) is 17.1 Å². The first-order chi connectivity index (χ1) is 10.3. The summed E-state index contributed by atoms with van der Waals surface area (Å²) in [6.07, 6.45) is 0.794. The van der Waals surface area contributed by atoms with Crippen LogP contribution in [0.4, 0.5) is 14.5 Å². The smallest absolute Gasteiger partial charge is 0.288 e. The monoisotopic (exact) mass is 309 g/mol. The molecule has 2 rings (SSSR count). The summed E-state index contributed by atoms with van der Waals surface area (Å²) in [5.74, 6) is -1.57. The van der Waals surface area contributed by atoms with E-state index in [9.17, 15) is 8.78 Å². The molecule has 0 aromatic heterocycles. The van der Waals surface area contributed by atoms with Crippen molar-refractivity contribution in [3.05, 3.63) is 54.6 Å². The molecule has 21 heavy (non-hydrogen) atoms. The van der Waals surface area contributed by atoms with Crippen LogP contribution in [0.25, 0.3) is 0 Å². The Morgan fingerprint density at radius 2 is 1.71 bits per heavy atom. The van der Waals surface area contributed by atoms with Crippen LogP contribution in [-0.4, -0.2) is 18.9 Å². The third-order valence-electron chi connectivity index (χ3n) is 2.75. The number of benzene rings is 2. The highest BCUT2D eigenvalue weighted by Crippen LogP contribution is 2.31. The van der Waals surface area contributed by atoms with Crippen LogP contribution in [0.3, 0.4) is 0 Å². The molecular weight excluding hydrogens is 292 g/mol. The molecule has 2 nitrogen and oxygen atoms in total. The van der Waals surface area contributed by atoms with Crippen LogP contribution in [-0.2, 0) is 0 Å². The molecule has 112 valence electrons. The van der Waals surface area contributed by atoms with Gasteiger partial charge < -0.3 is 10.1 Å². The fourth-order valence-corrected chi connectivity index (χ4v) is 2.43. The van der Waals surface area contributed by atoms with E-state index in [-0.39, 0.29) is 0 Å². The average Bonchev–Trinajstić information content (AvgIpc) is 2.49. The van der Waals surface area contributed by atoms with Gasteiger partial charge in [0.2, 0.25) is 0 Å². The SMILES string of the molecule is FC(F)Sc1ccccc1NCCCOc1ccccc1. The maximum absolute atomic E-state index is 12.4. The van der Waals surface area contributed by atoms with Gasteiger partial charge in [-0.05, 0) is 30.7 Å². The van der Waals surface area contributed by atoms with Crippen molar-refractivity contribution in [1.82, 2.24) is 0 Å². The first-order valence-corrected chi connectivity index (χ1v) is 7.59. The van der Waals surface area contributed by atoms with E-state index in [0.717, 1.165) is 17.9 Å². The molecule has 0 aliphatic rings. The normalized spacial score (nSPS) is 10.6. The third kappa shape index (κ3) is 5.63. The zero-order valence-electron chi connectivity index (χ0n) is 11.5. The molecule has 2 aromatic carbocycles. The molecule has 5 heteroatoms. The van der Waals surface area contributed by atoms with Crippen LogP contribution in [0, 0.1) is 0 Å². The second kappa shape index (κ2) is 8.52. The van der Waals surface area contributed by atoms with Crippen molar-refractivity contribution in [3.63, 3.8) is 0 Å². The summed E-state index contributed by atoms with van der Waals surface area (Å²) in [6.45, 7) is 1.26. The molecule has 0 aliphatic heterocycles. The Morgan fingerprint density at radius 1 is 1.00 bits per heavy atom. The summed E-state index contributed by atoms with van der Waals surface area (Å²) in [7, 11) is 0. The molecule has 0 unspecified atom stereocenters. The van der Waals surface area contributed by atoms with Crippen LogP contribution < -0.4 is 10.1 Å². The predicted octanol–water partition coefficient (Wildman–Crippen LogP) is 4.88. The molecule has 0 heterocycles. The number of para-hydroxylation sites is 2. The summed E-state index contributed by atoms with van der Waals surface area (Å²) in [6, 6.07) is 16.7. The molecule has 0 aliphatic carbocycles. The highest BCUT2D eigenvalue weighted by atomic mass is 32.2. The van der Waals surface area contributed by atoms with Crippen molar-refractivity contribution in [2.24, 2.45) is 0 Å². The second-order valence-corrected chi connectivity index (χ2v) is 5.35. The highest BCUT2D eigenvalue weighted by Gasteiger charge is 2.08. The zero-order chi connectivity index (χ0) is 14.9. The van der Waals surface area contributed by atoms with Crippen molar-refractivity contribution >= 4 is 17.4 Å². The summed E-state index contributed by atoms with van der Waals surface area (Å²) in [5.41, 5.74) is 0.738. The largest absolute Gasteiger partial charge is 0.494 e. The fourth-order valence-electron chi connectivity index (χ4n) is 1.81. The average molecular weight is 309 g/mol. The molecule has 0 amide bonds. The van der Waals surface area contributed by atoms with Gasteiger partial charge in [-0.1, -0.05) is 42.1 Å². The van der Waals surface area contributed by atoms with Gasteiger partial charge in [0.1, 0.15) is 5.75 Å². The molecule has 0 saturated heterocycles. The van der Waals surface area contributed by atoms with Gasteiger partial charge in [0.25, 0.3) is 5.76 Å². The van der Waals surface area contributed by atoms with Crippen LogP contribution in [0.15, 0.2) is 59.5 Å². The number of ether oxygens (including phenoxy) is 1. The standard InChI is InChI=1S/C16H17F2NOS/c17-16(18)21-15-10-5-4-9-14(15)19-11-6-12-20-13-7-2-1-3-8-13/h1-5,7-10,16,19H,6,11-12H2. The molecule has 1 N–H and O–H groups in total. The van der Waals surface area contributed by atoms with E-state index in [1.165, 1.54) is 0 Å². The number of nitrogens with one attached hydrogen (secondary N) is 1. The first-order valence-electron chi connectivity index (χ1n) is 6.71. The first kappa shape index (κ1) is 15.6. The number of anilines is 1. The maximum Gasteiger partial charge on any atom is 0.288 e. The van der Waals surface area contributed by atoms with Crippen molar-refractivity contribution in [2.45, 2.75) is 17.1 Å². The molecule has 0 spiro atoms. The quantitative estimate of drug-likeness (QED) is 0.554. The molecule has 0 fully saturated rings. The lowest BCUT2D eigenvalue weighted by molar-refractivity contribution is 0.252. The molecule has 0 atom stereocenters. The van der Waals surface area contributed by atoms with E-state index < -0.39 is 5.76 Å². The van der Waals surface area contributed by atoms with Gasteiger partial charge in [-0.3, -0.25) is 0 Å². The van der Waals surface area contributed by atoms with E-state index in [0.29, 0.717) is 29.8 Å². The second-order valence-electron chi connectivity index (χ2n) is 4.32. The van der Waals surface area contributed by atoms with Crippen molar-refractivity contribution in [1.29, 1.82) is 0 Å².